The number of hydrogen-bond acceptors (Lipinski definition) is 4. The average Bonchev–Trinajstić information content (AvgIpc) is 2.83. The molecule has 0 atom stereocenters. The van der Waals surface area contributed by atoms with E-state index in [1.165, 1.54) is 17.4 Å². The van der Waals surface area contributed by atoms with Gasteiger partial charge in [0.1, 0.15) is 0 Å². The molecule has 0 unspecified atom stereocenters. The standard InChI is InChI=1S/C14H13NO4S/c16-13(17)7-9-5-6-10(20-9)8-15-12-4-2-1-3-11(12)14(18)19/h1-6,15H,7-8H2,(H,16,17)(H,18,19). The number of carboxylic acids is 2. The summed E-state index contributed by atoms with van der Waals surface area (Å²) in [5.74, 6) is -1.84. The van der Waals surface area contributed by atoms with Crippen LogP contribution in [-0.2, 0) is 17.8 Å². The monoisotopic (exact) mass is 291 g/mol. The lowest BCUT2D eigenvalue weighted by molar-refractivity contribution is -0.136. The Bertz CT molecular complexity index is 636. The number of para-hydroxylation sites is 1. The zero-order valence-electron chi connectivity index (χ0n) is 10.5. The minimum atomic E-state index is -0.981. The highest BCUT2D eigenvalue weighted by Crippen LogP contribution is 2.20. The molecule has 0 radical (unpaired) electrons. The predicted octanol–water partition coefficient (Wildman–Crippen LogP) is 2.69. The largest absolute Gasteiger partial charge is 0.481 e. The summed E-state index contributed by atoms with van der Waals surface area (Å²) in [5.41, 5.74) is 0.767. The lowest BCUT2D eigenvalue weighted by Crippen LogP contribution is -2.05. The molecule has 104 valence electrons. The van der Waals surface area contributed by atoms with Crippen LogP contribution < -0.4 is 5.32 Å². The molecule has 20 heavy (non-hydrogen) atoms. The van der Waals surface area contributed by atoms with Crippen LogP contribution in [0.1, 0.15) is 20.1 Å². The van der Waals surface area contributed by atoms with Gasteiger partial charge in [-0.2, -0.15) is 0 Å². The highest BCUT2D eigenvalue weighted by Gasteiger charge is 2.09. The maximum atomic E-state index is 11.1. The lowest BCUT2D eigenvalue weighted by Gasteiger charge is -2.07. The summed E-state index contributed by atoms with van der Waals surface area (Å²) in [6.07, 6.45) is 0.0103. The zero-order chi connectivity index (χ0) is 14.5. The van der Waals surface area contributed by atoms with E-state index in [1.807, 2.05) is 6.07 Å². The van der Waals surface area contributed by atoms with Crippen LogP contribution in [0.2, 0.25) is 0 Å². The van der Waals surface area contributed by atoms with E-state index in [-0.39, 0.29) is 12.0 Å². The van der Waals surface area contributed by atoms with Crippen molar-refractivity contribution in [2.75, 3.05) is 5.32 Å². The third kappa shape index (κ3) is 3.58. The number of aliphatic carboxylic acids is 1. The summed E-state index contributed by atoms with van der Waals surface area (Å²) in [6.45, 7) is 0.467. The van der Waals surface area contributed by atoms with E-state index in [2.05, 4.69) is 5.32 Å². The second kappa shape index (κ2) is 6.21. The number of carboxylic acid groups (broad SMARTS) is 2. The van der Waals surface area contributed by atoms with Gasteiger partial charge in [0.2, 0.25) is 0 Å². The van der Waals surface area contributed by atoms with Gasteiger partial charge < -0.3 is 15.5 Å². The maximum absolute atomic E-state index is 11.1. The fourth-order valence-electron chi connectivity index (χ4n) is 1.77. The number of anilines is 1. The van der Waals surface area contributed by atoms with Crippen molar-refractivity contribution in [3.05, 3.63) is 51.7 Å². The number of rotatable bonds is 6. The summed E-state index contributed by atoms with van der Waals surface area (Å²) < 4.78 is 0. The Balaban J connectivity index is 2.04. The number of carbonyl (C=O) groups is 2. The van der Waals surface area contributed by atoms with Crippen molar-refractivity contribution >= 4 is 29.0 Å². The third-order valence-electron chi connectivity index (χ3n) is 2.65. The predicted molar refractivity (Wildman–Crippen MR) is 76.4 cm³/mol. The molecule has 1 heterocycles. The zero-order valence-corrected chi connectivity index (χ0v) is 11.3. The van der Waals surface area contributed by atoms with Gasteiger partial charge in [-0.05, 0) is 24.3 Å². The van der Waals surface area contributed by atoms with E-state index in [0.29, 0.717) is 12.2 Å². The summed E-state index contributed by atoms with van der Waals surface area (Å²) in [4.78, 5) is 23.4. The van der Waals surface area contributed by atoms with Crippen LogP contribution >= 0.6 is 11.3 Å². The second-order valence-electron chi connectivity index (χ2n) is 4.14. The van der Waals surface area contributed by atoms with Crippen molar-refractivity contribution in [2.24, 2.45) is 0 Å². The summed E-state index contributed by atoms with van der Waals surface area (Å²) in [6, 6.07) is 10.3. The Morgan fingerprint density at radius 2 is 1.75 bits per heavy atom. The molecule has 0 bridgehead atoms. The van der Waals surface area contributed by atoms with Gasteiger partial charge in [-0.25, -0.2) is 4.79 Å². The smallest absolute Gasteiger partial charge is 0.337 e. The molecule has 0 aliphatic carbocycles. The number of hydrogen-bond donors (Lipinski definition) is 3. The van der Waals surface area contributed by atoms with E-state index in [9.17, 15) is 9.59 Å². The quantitative estimate of drug-likeness (QED) is 0.761. The summed E-state index contributed by atoms with van der Waals surface area (Å²) >= 11 is 1.40. The fraction of sp³-hybridized carbons (Fsp3) is 0.143. The van der Waals surface area contributed by atoms with Gasteiger partial charge in [0.05, 0.1) is 12.0 Å². The van der Waals surface area contributed by atoms with Gasteiger partial charge in [0.25, 0.3) is 0 Å². The van der Waals surface area contributed by atoms with Gasteiger partial charge in [-0.1, -0.05) is 12.1 Å². The molecule has 0 fully saturated rings. The topological polar surface area (TPSA) is 86.6 Å². The van der Waals surface area contributed by atoms with E-state index in [1.54, 1.807) is 24.3 Å². The first-order valence-corrected chi connectivity index (χ1v) is 6.73. The molecule has 1 aromatic heterocycles. The molecular weight excluding hydrogens is 278 g/mol. The van der Waals surface area contributed by atoms with Crippen LogP contribution in [0.25, 0.3) is 0 Å². The Hall–Kier alpha value is -2.34. The van der Waals surface area contributed by atoms with Crippen LogP contribution in [0.4, 0.5) is 5.69 Å². The van der Waals surface area contributed by atoms with Crippen molar-refractivity contribution in [3.63, 3.8) is 0 Å². The molecule has 0 saturated heterocycles. The highest BCUT2D eigenvalue weighted by atomic mass is 32.1. The molecule has 6 heteroatoms. The number of thiophene rings is 1. The van der Waals surface area contributed by atoms with Gasteiger partial charge in [-0.3, -0.25) is 4.79 Å². The van der Waals surface area contributed by atoms with Crippen molar-refractivity contribution in [1.29, 1.82) is 0 Å². The Kier molecular flexibility index (Phi) is 4.37. The Labute approximate surface area is 119 Å². The van der Waals surface area contributed by atoms with Gasteiger partial charge in [-0.15, -0.1) is 11.3 Å². The molecule has 3 N–H and O–H groups in total. The minimum absolute atomic E-state index is 0.0103. The van der Waals surface area contributed by atoms with Crippen LogP contribution in [-0.4, -0.2) is 22.2 Å². The SMILES string of the molecule is O=C(O)Cc1ccc(CNc2ccccc2C(=O)O)s1. The average molecular weight is 291 g/mol. The summed E-state index contributed by atoms with van der Waals surface area (Å²) in [7, 11) is 0. The van der Waals surface area contributed by atoms with E-state index >= 15 is 0 Å². The van der Waals surface area contributed by atoms with Gasteiger partial charge in [0, 0.05) is 22.0 Å². The van der Waals surface area contributed by atoms with Crippen molar-refractivity contribution in [1.82, 2.24) is 0 Å². The molecular formula is C14H13NO4S. The second-order valence-corrected chi connectivity index (χ2v) is 5.40. The molecule has 0 aliphatic heterocycles. The van der Waals surface area contributed by atoms with Crippen LogP contribution in [0.15, 0.2) is 36.4 Å². The van der Waals surface area contributed by atoms with Gasteiger partial charge in [0.15, 0.2) is 0 Å². The molecule has 0 amide bonds. The molecule has 0 spiro atoms. The highest BCUT2D eigenvalue weighted by molar-refractivity contribution is 7.12. The third-order valence-corrected chi connectivity index (χ3v) is 3.74. The number of benzene rings is 1. The molecule has 2 aromatic rings. The maximum Gasteiger partial charge on any atom is 0.337 e. The number of nitrogens with one attached hydrogen (secondary N) is 1. The lowest BCUT2D eigenvalue weighted by atomic mass is 10.2. The molecule has 0 aliphatic rings. The number of aromatic carboxylic acids is 1. The Morgan fingerprint density at radius 3 is 2.45 bits per heavy atom. The summed E-state index contributed by atoms with van der Waals surface area (Å²) in [5, 5.41) is 20.8. The molecule has 0 saturated carbocycles. The Morgan fingerprint density at radius 1 is 1.05 bits per heavy atom. The van der Waals surface area contributed by atoms with Crippen LogP contribution in [0.3, 0.4) is 0 Å². The van der Waals surface area contributed by atoms with E-state index in [0.717, 1.165) is 9.75 Å². The van der Waals surface area contributed by atoms with Gasteiger partial charge >= 0.3 is 11.9 Å². The molecule has 5 nitrogen and oxygen atoms in total. The van der Waals surface area contributed by atoms with Crippen molar-refractivity contribution in [3.8, 4) is 0 Å². The fourth-order valence-corrected chi connectivity index (χ4v) is 2.72. The van der Waals surface area contributed by atoms with Crippen LogP contribution in [0, 0.1) is 0 Å². The van der Waals surface area contributed by atoms with E-state index in [4.69, 9.17) is 10.2 Å². The first-order valence-electron chi connectivity index (χ1n) is 5.92. The molecule has 2 rings (SSSR count). The normalized spacial score (nSPS) is 10.2. The first kappa shape index (κ1) is 14.1. The van der Waals surface area contributed by atoms with Crippen LogP contribution in [0.5, 0.6) is 0 Å². The van der Waals surface area contributed by atoms with Crippen molar-refractivity contribution in [2.45, 2.75) is 13.0 Å². The van der Waals surface area contributed by atoms with E-state index < -0.39 is 11.9 Å². The van der Waals surface area contributed by atoms with Crippen molar-refractivity contribution < 1.29 is 19.8 Å². The minimum Gasteiger partial charge on any atom is -0.481 e. The molecule has 1 aromatic carbocycles. The first-order chi connectivity index (χ1) is 9.56.